The van der Waals surface area contributed by atoms with Gasteiger partial charge in [-0.25, -0.2) is 0 Å². The number of nitrogens with zero attached hydrogens (tertiary/aromatic N) is 3. The molecule has 9 heteroatoms. The first-order valence-corrected chi connectivity index (χ1v) is 11.5. The average molecular weight is 479 g/mol. The van der Waals surface area contributed by atoms with E-state index in [1.807, 2.05) is 43.7 Å². The summed E-state index contributed by atoms with van der Waals surface area (Å²) in [6.45, 7) is 4.56. The van der Waals surface area contributed by atoms with Crippen LogP contribution in [-0.2, 0) is 18.3 Å². The van der Waals surface area contributed by atoms with Crippen LogP contribution in [0.15, 0.2) is 41.6 Å². The Kier molecular flexibility index (Phi) is 8.23. The number of amides is 1. The number of halogens is 2. The number of benzene rings is 2. The normalized spacial score (nSPS) is 10.9. The molecule has 0 aliphatic rings. The topological polar surface area (TPSA) is 69.0 Å². The van der Waals surface area contributed by atoms with Crippen molar-refractivity contribution in [3.63, 3.8) is 0 Å². The Hall–Kier alpha value is -2.22. The van der Waals surface area contributed by atoms with E-state index in [0.29, 0.717) is 34.0 Å². The summed E-state index contributed by atoms with van der Waals surface area (Å²) >= 11 is 13.4. The summed E-state index contributed by atoms with van der Waals surface area (Å²) in [5.74, 6) is 1.63. The fourth-order valence-electron chi connectivity index (χ4n) is 2.84. The molecule has 0 spiro atoms. The zero-order chi connectivity index (χ0) is 22.4. The molecule has 0 fully saturated rings. The Morgan fingerprint density at radius 2 is 1.94 bits per heavy atom. The number of rotatable bonds is 9. The minimum absolute atomic E-state index is 0.0777. The maximum absolute atomic E-state index is 12.3. The van der Waals surface area contributed by atoms with Crippen molar-refractivity contribution in [3.05, 3.63) is 63.4 Å². The molecule has 0 saturated heterocycles. The fraction of sp³-hybridized carbons (Fsp3) is 0.318. The van der Waals surface area contributed by atoms with Crippen LogP contribution in [0.5, 0.6) is 5.75 Å². The van der Waals surface area contributed by atoms with Crippen molar-refractivity contribution in [2.45, 2.75) is 31.8 Å². The third-order valence-electron chi connectivity index (χ3n) is 4.74. The number of hydrogen-bond acceptors (Lipinski definition) is 5. The molecule has 0 unspecified atom stereocenters. The van der Waals surface area contributed by atoms with Crippen molar-refractivity contribution in [1.82, 2.24) is 14.8 Å². The highest BCUT2D eigenvalue weighted by Crippen LogP contribution is 2.27. The van der Waals surface area contributed by atoms with E-state index < -0.39 is 0 Å². The number of ether oxygens (including phenoxy) is 1. The van der Waals surface area contributed by atoms with Crippen LogP contribution in [0.4, 0.5) is 5.69 Å². The van der Waals surface area contributed by atoms with Gasteiger partial charge in [-0.3, -0.25) is 4.79 Å². The third kappa shape index (κ3) is 6.63. The maximum Gasteiger partial charge on any atom is 0.234 e. The highest BCUT2D eigenvalue weighted by molar-refractivity contribution is 7.99. The van der Waals surface area contributed by atoms with Gasteiger partial charge in [0.05, 0.1) is 17.4 Å². The number of thioether (sulfide) groups is 1. The molecule has 1 heterocycles. The lowest BCUT2D eigenvalue weighted by Gasteiger charge is -2.09. The highest BCUT2D eigenvalue weighted by atomic mass is 35.5. The molecule has 3 rings (SSSR count). The van der Waals surface area contributed by atoms with E-state index >= 15 is 0 Å². The quantitative estimate of drug-likeness (QED) is 0.325. The van der Waals surface area contributed by atoms with Crippen molar-refractivity contribution in [3.8, 4) is 5.75 Å². The van der Waals surface area contributed by atoms with Crippen LogP contribution < -0.4 is 10.1 Å². The Morgan fingerprint density at radius 1 is 1.13 bits per heavy atom. The van der Waals surface area contributed by atoms with Crippen molar-refractivity contribution >= 4 is 46.6 Å². The predicted octanol–water partition coefficient (Wildman–Crippen LogP) is 5.48. The first kappa shape index (κ1) is 23.4. The van der Waals surface area contributed by atoms with Crippen molar-refractivity contribution < 1.29 is 9.53 Å². The summed E-state index contributed by atoms with van der Waals surface area (Å²) in [4.78, 5) is 12.3. The van der Waals surface area contributed by atoms with Crippen LogP contribution in [0, 0.1) is 13.8 Å². The number of carbonyl (C=O) groups is 1. The first-order valence-electron chi connectivity index (χ1n) is 9.79. The molecule has 0 aliphatic heterocycles. The second kappa shape index (κ2) is 10.9. The summed E-state index contributed by atoms with van der Waals surface area (Å²) in [6, 6.07) is 11.0. The van der Waals surface area contributed by atoms with Gasteiger partial charge in [0.25, 0.3) is 0 Å². The van der Waals surface area contributed by atoms with E-state index in [0.717, 1.165) is 23.5 Å². The second-order valence-electron chi connectivity index (χ2n) is 7.12. The van der Waals surface area contributed by atoms with E-state index in [-0.39, 0.29) is 11.7 Å². The predicted molar refractivity (Wildman–Crippen MR) is 127 cm³/mol. The molecular formula is C22H24Cl2N4O2S. The Balaban J connectivity index is 1.44. The molecule has 0 atom stereocenters. The van der Waals surface area contributed by atoms with Crippen LogP contribution in [-0.4, -0.2) is 33.0 Å². The van der Waals surface area contributed by atoms with Gasteiger partial charge >= 0.3 is 0 Å². The van der Waals surface area contributed by atoms with Gasteiger partial charge in [-0.1, -0.05) is 41.0 Å². The summed E-state index contributed by atoms with van der Waals surface area (Å²) in [5.41, 5.74) is 3.14. The standard InChI is InChI=1S/C22H24Cl2N4O2S/c1-14-6-8-17(11-15(14)2)25-21(29)13-31-22-27-26-20(28(22)3)5-4-10-30-19-9-7-16(23)12-18(19)24/h6-9,11-12H,4-5,10,13H2,1-3H3,(H,25,29). The van der Waals surface area contributed by atoms with Gasteiger partial charge in [0.15, 0.2) is 5.16 Å². The number of aromatic nitrogens is 3. The van der Waals surface area contributed by atoms with Crippen LogP contribution in [0.1, 0.15) is 23.4 Å². The zero-order valence-electron chi connectivity index (χ0n) is 17.6. The molecular weight excluding hydrogens is 455 g/mol. The molecule has 0 radical (unpaired) electrons. The monoisotopic (exact) mass is 478 g/mol. The Labute approximate surface area is 196 Å². The minimum atomic E-state index is -0.0777. The molecule has 1 aromatic heterocycles. The van der Waals surface area contributed by atoms with Gasteiger partial charge in [0.2, 0.25) is 5.91 Å². The molecule has 1 amide bonds. The van der Waals surface area contributed by atoms with Gasteiger partial charge in [0, 0.05) is 24.2 Å². The van der Waals surface area contributed by atoms with E-state index in [4.69, 9.17) is 27.9 Å². The van der Waals surface area contributed by atoms with Gasteiger partial charge < -0.3 is 14.6 Å². The van der Waals surface area contributed by atoms with Crippen LogP contribution in [0.2, 0.25) is 10.0 Å². The van der Waals surface area contributed by atoms with Crippen LogP contribution >= 0.6 is 35.0 Å². The molecule has 6 nitrogen and oxygen atoms in total. The molecule has 31 heavy (non-hydrogen) atoms. The maximum atomic E-state index is 12.3. The lowest BCUT2D eigenvalue weighted by Crippen LogP contribution is -2.14. The van der Waals surface area contributed by atoms with Gasteiger partial charge in [-0.2, -0.15) is 0 Å². The Morgan fingerprint density at radius 3 is 2.68 bits per heavy atom. The second-order valence-corrected chi connectivity index (χ2v) is 8.91. The number of hydrogen-bond donors (Lipinski definition) is 1. The molecule has 3 aromatic rings. The highest BCUT2D eigenvalue weighted by Gasteiger charge is 2.12. The molecule has 0 saturated carbocycles. The fourth-order valence-corrected chi connectivity index (χ4v) is 4.03. The summed E-state index contributed by atoms with van der Waals surface area (Å²) in [7, 11) is 1.90. The summed E-state index contributed by atoms with van der Waals surface area (Å²) < 4.78 is 7.61. The SMILES string of the molecule is Cc1ccc(NC(=O)CSc2nnc(CCCOc3ccc(Cl)cc3Cl)n2C)cc1C. The van der Waals surface area contributed by atoms with Crippen LogP contribution in [0.25, 0.3) is 0 Å². The molecule has 0 aliphatic carbocycles. The lowest BCUT2D eigenvalue weighted by molar-refractivity contribution is -0.113. The smallest absolute Gasteiger partial charge is 0.234 e. The summed E-state index contributed by atoms with van der Waals surface area (Å²) in [5, 5.41) is 13.1. The third-order valence-corrected chi connectivity index (χ3v) is 6.30. The van der Waals surface area contributed by atoms with Crippen molar-refractivity contribution in [1.29, 1.82) is 0 Å². The van der Waals surface area contributed by atoms with Gasteiger partial charge in [-0.05, 0) is 61.7 Å². The molecule has 2 aromatic carbocycles. The average Bonchev–Trinajstić information content (AvgIpc) is 3.07. The number of carbonyl (C=O) groups excluding carboxylic acids is 1. The van der Waals surface area contributed by atoms with E-state index in [2.05, 4.69) is 15.5 Å². The Bertz CT molecular complexity index is 1070. The zero-order valence-corrected chi connectivity index (χ0v) is 19.9. The van der Waals surface area contributed by atoms with Gasteiger partial charge in [-0.15, -0.1) is 10.2 Å². The van der Waals surface area contributed by atoms with E-state index in [1.165, 1.54) is 17.3 Å². The van der Waals surface area contributed by atoms with E-state index in [9.17, 15) is 4.79 Å². The first-order chi connectivity index (χ1) is 14.8. The number of anilines is 1. The minimum Gasteiger partial charge on any atom is -0.492 e. The molecule has 1 N–H and O–H groups in total. The largest absolute Gasteiger partial charge is 0.492 e. The molecule has 164 valence electrons. The number of nitrogens with one attached hydrogen (secondary N) is 1. The van der Waals surface area contributed by atoms with Crippen molar-refractivity contribution in [2.24, 2.45) is 7.05 Å². The lowest BCUT2D eigenvalue weighted by atomic mass is 10.1. The van der Waals surface area contributed by atoms with Crippen molar-refractivity contribution in [2.75, 3.05) is 17.7 Å². The summed E-state index contributed by atoms with van der Waals surface area (Å²) in [6.07, 6.45) is 1.45. The van der Waals surface area contributed by atoms with Gasteiger partial charge in [0.1, 0.15) is 11.6 Å². The molecule has 0 bridgehead atoms. The number of aryl methyl sites for hydroxylation is 3. The van der Waals surface area contributed by atoms with E-state index in [1.54, 1.807) is 18.2 Å². The van der Waals surface area contributed by atoms with Crippen LogP contribution in [0.3, 0.4) is 0 Å².